The molecular formula is C21H23N5OS. The number of amides is 1. The number of carbonyl (C=O) groups is 1. The van der Waals surface area contributed by atoms with Gasteiger partial charge >= 0.3 is 0 Å². The third-order valence-electron chi connectivity index (χ3n) is 4.92. The number of aromatic nitrogens is 4. The van der Waals surface area contributed by atoms with Gasteiger partial charge in [0.2, 0.25) is 5.91 Å². The molecule has 0 saturated heterocycles. The molecule has 1 saturated carbocycles. The Kier molecular flexibility index (Phi) is 5.71. The molecule has 2 heterocycles. The largest absolute Gasteiger partial charge is 0.352 e. The summed E-state index contributed by atoms with van der Waals surface area (Å²) in [5.74, 6) is 0.771. The number of nitrogens with zero attached hydrogens (tertiary/aromatic N) is 4. The minimum Gasteiger partial charge on any atom is -0.352 e. The lowest BCUT2D eigenvalue weighted by molar-refractivity contribution is -0.120. The zero-order valence-electron chi connectivity index (χ0n) is 15.8. The van der Waals surface area contributed by atoms with Crippen molar-refractivity contribution in [3.05, 3.63) is 54.9 Å². The summed E-state index contributed by atoms with van der Waals surface area (Å²) in [6, 6.07) is 14.1. The summed E-state index contributed by atoms with van der Waals surface area (Å²) in [5, 5.41) is 12.4. The zero-order valence-corrected chi connectivity index (χ0v) is 16.6. The molecule has 0 radical (unpaired) electrons. The van der Waals surface area contributed by atoms with Gasteiger partial charge in [0.1, 0.15) is 0 Å². The van der Waals surface area contributed by atoms with Gasteiger partial charge in [-0.05, 0) is 44.0 Å². The van der Waals surface area contributed by atoms with E-state index in [0.29, 0.717) is 17.0 Å². The highest BCUT2D eigenvalue weighted by atomic mass is 32.2. The van der Waals surface area contributed by atoms with Gasteiger partial charge < -0.3 is 5.32 Å². The number of thioether (sulfide) groups is 1. The molecule has 2 aromatic heterocycles. The number of hydrogen-bond donors (Lipinski definition) is 1. The molecule has 1 aromatic carbocycles. The van der Waals surface area contributed by atoms with E-state index >= 15 is 0 Å². The quantitative estimate of drug-likeness (QED) is 0.644. The maximum atomic E-state index is 12.6. The number of pyridine rings is 1. The van der Waals surface area contributed by atoms with Crippen LogP contribution in [0.3, 0.4) is 0 Å². The van der Waals surface area contributed by atoms with Gasteiger partial charge in [-0.15, -0.1) is 10.2 Å². The summed E-state index contributed by atoms with van der Waals surface area (Å²) in [5.41, 5.74) is 1.84. The lowest BCUT2D eigenvalue weighted by Crippen LogP contribution is -2.37. The monoisotopic (exact) mass is 393 g/mol. The fraction of sp³-hybridized carbons (Fsp3) is 0.333. The van der Waals surface area contributed by atoms with E-state index in [4.69, 9.17) is 0 Å². The molecule has 1 aliphatic rings. The van der Waals surface area contributed by atoms with Gasteiger partial charge in [-0.1, -0.05) is 42.8 Å². The van der Waals surface area contributed by atoms with E-state index in [1.165, 1.54) is 24.6 Å². The van der Waals surface area contributed by atoms with Gasteiger partial charge in [0, 0.05) is 29.7 Å². The highest BCUT2D eigenvalue weighted by Crippen LogP contribution is 2.30. The van der Waals surface area contributed by atoms with Crippen LogP contribution in [0.1, 0.15) is 32.6 Å². The summed E-state index contributed by atoms with van der Waals surface area (Å²) < 4.78 is 1.99. The number of para-hydroxylation sites is 1. The molecule has 0 aliphatic heterocycles. The first-order chi connectivity index (χ1) is 13.7. The predicted octanol–water partition coefficient (Wildman–Crippen LogP) is 3.87. The number of carbonyl (C=O) groups excluding carboxylic acids is 1. The SMILES string of the molecule is CC(Sc1nnc(-c2cccnc2)n1-c1ccccc1)C(=O)NC1CCCC1. The van der Waals surface area contributed by atoms with Crippen molar-refractivity contribution in [1.82, 2.24) is 25.1 Å². The highest BCUT2D eigenvalue weighted by Gasteiger charge is 2.24. The summed E-state index contributed by atoms with van der Waals surface area (Å²) >= 11 is 1.43. The number of hydrogen-bond acceptors (Lipinski definition) is 5. The van der Waals surface area contributed by atoms with Crippen LogP contribution in [-0.4, -0.2) is 36.9 Å². The van der Waals surface area contributed by atoms with Crippen molar-refractivity contribution in [2.75, 3.05) is 0 Å². The maximum Gasteiger partial charge on any atom is 0.233 e. The van der Waals surface area contributed by atoms with Crippen LogP contribution in [0.4, 0.5) is 0 Å². The summed E-state index contributed by atoms with van der Waals surface area (Å²) in [6.07, 6.45) is 8.06. The second-order valence-electron chi connectivity index (χ2n) is 6.97. The van der Waals surface area contributed by atoms with E-state index < -0.39 is 0 Å². The third-order valence-corrected chi connectivity index (χ3v) is 5.96. The Morgan fingerprint density at radius 1 is 1.14 bits per heavy atom. The van der Waals surface area contributed by atoms with Crippen molar-refractivity contribution in [3.63, 3.8) is 0 Å². The van der Waals surface area contributed by atoms with Gasteiger partial charge in [-0.3, -0.25) is 14.3 Å². The van der Waals surface area contributed by atoms with E-state index in [9.17, 15) is 4.79 Å². The van der Waals surface area contributed by atoms with E-state index in [0.717, 1.165) is 24.1 Å². The van der Waals surface area contributed by atoms with Crippen molar-refractivity contribution in [2.45, 2.75) is 49.1 Å². The molecule has 1 aliphatic carbocycles. The minimum absolute atomic E-state index is 0.0578. The van der Waals surface area contributed by atoms with E-state index in [-0.39, 0.29) is 11.2 Å². The fourth-order valence-corrected chi connectivity index (χ4v) is 4.31. The average molecular weight is 394 g/mol. The molecule has 1 unspecified atom stereocenters. The molecule has 0 spiro atoms. The Labute approximate surface area is 168 Å². The molecule has 4 rings (SSSR count). The molecule has 1 amide bonds. The van der Waals surface area contributed by atoms with E-state index in [1.807, 2.05) is 54.0 Å². The van der Waals surface area contributed by atoms with E-state index in [2.05, 4.69) is 20.5 Å². The molecule has 6 nitrogen and oxygen atoms in total. The molecule has 1 fully saturated rings. The first-order valence-corrected chi connectivity index (χ1v) is 10.5. The molecule has 28 heavy (non-hydrogen) atoms. The van der Waals surface area contributed by atoms with Gasteiger partial charge in [-0.25, -0.2) is 0 Å². The number of benzene rings is 1. The molecule has 1 atom stereocenters. The van der Waals surface area contributed by atoms with Gasteiger partial charge in [0.15, 0.2) is 11.0 Å². The topological polar surface area (TPSA) is 72.7 Å². The number of nitrogens with one attached hydrogen (secondary N) is 1. The third kappa shape index (κ3) is 4.09. The summed E-state index contributed by atoms with van der Waals surface area (Å²) in [6.45, 7) is 1.92. The first kappa shape index (κ1) is 18.7. The Morgan fingerprint density at radius 3 is 2.64 bits per heavy atom. The van der Waals surface area contributed by atoms with Crippen molar-refractivity contribution in [2.24, 2.45) is 0 Å². The second kappa shape index (κ2) is 8.56. The van der Waals surface area contributed by atoms with Crippen LogP contribution >= 0.6 is 11.8 Å². The fourth-order valence-electron chi connectivity index (χ4n) is 3.44. The van der Waals surface area contributed by atoms with E-state index in [1.54, 1.807) is 12.4 Å². The van der Waals surface area contributed by atoms with Crippen molar-refractivity contribution >= 4 is 17.7 Å². The smallest absolute Gasteiger partial charge is 0.233 e. The summed E-state index contributed by atoms with van der Waals surface area (Å²) in [4.78, 5) is 16.8. The van der Waals surface area contributed by atoms with Crippen LogP contribution in [0, 0.1) is 0 Å². The van der Waals surface area contributed by atoms with Crippen LogP contribution in [0.15, 0.2) is 60.0 Å². The standard InChI is InChI=1S/C21H23N5OS/c1-15(20(27)23-17-9-5-6-10-17)28-21-25-24-19(16-8-7-13-22-14-16)26(21)18-11-3-2-4-12-18/h2-4,7-8,11-15,17H,5-6,9-10H2,1H3,(H,23,27). The van der Waals surface area contributed by atoms with Crippen LogP contribution in [0.5, 0.6) is 0 Å². The lowest BCUT2D eigenvalue weighted by Gasteiger charge is -2.17. The molecule has 7 heteroatoms. The molecule has 1 N–H and O–H groups in total. The minimum atomic E-state index is -0.256. The maximum absolute atomic E-state index is 12.6. The molecule has 144 valence electrons. The van der Waals surface area contributed by atoms with Crippen LogP contribution in [0.25, 0.3) is 17.1 Å². The average Bonchev–Trinajstić information content (AvgIpc) is 3.39. The lowest BCUT2D eigenvalue weighted by atomic mass is 10.2. The zero-order chi connectivity index (χ0) is 19.3. The van der Waals surface area contributed by atoms with Gasteiger partial charge in [0.05, 0.1) is 5.25 Å². The van der Waals surface area contributed by atoms with Gasteiger partial charge in [-0.2, -0.15) is 0 Å². The van der Waals surface area contributed by atoms with Crippen LogP contribution < -0.4 is 5.32 Å². The molecule has 3 aromatic rings. The normalized spacial score (nSPS) is 15.5. The van der Waals surface area contributed by atoms with Crippen LogP contribution in [-0.2, 0) is 4.79 Å². The van der Waals surface area contributed by atoms with Crippen molar-refractivity contribution < 1.29 is 4.79 Å². The summed E-state index contributed by atoms with van der Waals surface area (Å²) in [7, 11) is 0. The predicted molar refractivity (Wildman–Crippen MR) is 110 cm³/mol. The van der Waals surface area contributed by atoms with Crippen molar-refractivity contribution in [3.8, 4) is 17.1 Å². The molecule has 0 bridgehead atoms. The van der Waals surface area contributed by atoms with Crippen LogP contribution in [0.2, 0.25) is 0 Å². The van der Waals surface area contributed by atoms with Gasteiger partial charge in [0.25, 0.3) is 0 Å². The second-order valence-corrected chi connectivity index (χ2v) is 8.28. The Hall–Kier alpha value is -2.67. The first-order valence-electron chi connectivity index (χ1n) is 9.60. The Bertz CT molecular complexity index is 922. The number of rotatable bonds is 6. The molecular weight excluding hydrogens is 370 g/mol. The Balaban J connectivity index is 1.61. The van der Waals surface area contributed by atoms with Crippen molar-refractivity contribution in [1.29, 1.82) is 0 Å². The Morgan fingerprint density at radius 2 is 1.93 bits per heavy atom. The highest BCUT2D eigenvalue weighted by molar-refractivity contribution is 8.00.